The maximum Gasteiger partial charge on any atom is 2.00 e. The number of carbonyl (C=O) groups excluding carboxylic acids is 4. The van der Waals surface area contributed by atoms with Crippen molar-refractivity contribution in [3.63, 3.8) is 0 Å². The fourth-order valence-electron chi connectivity index (χ4n) is 4.96. The maximum atomic E-state index is 12.7. The van der Waals surface area contributed by atoms with Crippen LogP contribution in [0.4, 0.5) is 0 Å². The summed E-state index contributed by atoms with van der Waals surface area (Å²) in [6.07, 6.45) is 2.42. The molecular formula is C36H26CuO10. The monoisotopic (exact) mass is 681 g/mol. The van der Waals surface area contributed by atoms with Crippen LogP contribution in [0, 0.1) is 0 Å². The fraction of sp³-hybridized carbons (Fsp3) is 0.111. The van der Waals surface area contributed by atoms with Gasteiger partial charge in [0, 0.05) is 46.7 Å². The Morgan fingerprint density at radius 2 is 0.936 bits per heavy atom. The van der Waals surface area contributed by atoms with Crippen molar-refractivity contribution in [3.8, 4) is 11.5 Å². The minimum absolute atomic E-state index is 0. The third-order valence-corrected chi connectivity index (χ3v) is 7.11. The van der Waals surface area contributed by atoms with Gasteiger partial charge < -0.3 is 38.1 Å². The summed E-state index contributed by atoms with van der Waals surface area (Å²) in [7, 11) is 3.10. The number of carboxylic acid groups (broad SMARTS) is 2. The van der Waals surface area contributed by atoms with E-state index in [1.54, 1.807) is 87.0 Å². The van der Waals surface area contributed by atoms with E-state index < -0.39 is 11.9 Å². The molecule has 0 unspecified atom stereocenters. The van der Waals surface area contributed by atoms with Gasteiger partial charge in [-0.2, -0.15) is 0 Å². The van der Waals surface area contributed by atoms with E-state index in [1.165, 1.54) is 24.7 Å². The summed E-state index contributed by atoms with van der Waals surface area (Å²) in [4.78, 5) is 47.1. The van der Waals surface area contributed by atoms with Crippen LogP contribution in [0.3, 0.4) is 0 Å². The molecule has 0 aliphatic carbocycles. The van der Waals surface area contributed by atoms with Crippen molar-refractivity contribution in [2.45, 2.75) is 12.8 Å². The number of rotatable bonds is 10. The van der Waals surface area contributed by atoms with Crippen molar-refractivity contribution >= 4 is 45.4 Å². The minimum atomic E-state index is -1.20. The van der Waals surface area contributed by atoms with E-state index in [0.717, 1.165) is 0 Å². The zero-order valence-electron chi connectivity index (χ0n) is 25.0. The van der Waals surface area contributed by atoms with Gasteiger partial charge in [0.15, 0.2) is 11.6 Å². The number of ether oxygens (including phenoxy) is 2. The summed E-state index contributed by atoms with van der Waals surface area (Å²) in [5, 5.41) is 23.0. The zero-order valence-corrected chi connectivity index (χ0v) is 26.0. The number of aliphatic carboxylic acids is 2. The summed E-state index contributed by atoms with van der Waals surface area (Å²) in [5.74, 6) is -1.59. The molecule has 0 saturated carbocycles. The Labute approximate surface area is 279 Å². The van der Waals surface area contributed by atoms with Gasteiger partial charge in [0.1, 0.15) is 22.7 Å². The Morgan fingerprint density at radius 3 is 1.26 bits per heavy atom. The number of carboxylic acids is 2. The molecule has 0 aliphatic heterocycles. The van der Waals surface area contributed by atoms with E-state index in [4.69, 9.17) is 18.3 Å². The van der Waals surface area contributed by atoms with Gasteiger partial charge in [0.2, 0.25) is 0 Å². The van der Waals surface area contributed by atoms with E-state index in [9.17, 15) is 29.4 Å². The molecule has 11 heteroatoms. The molecule has 10 nitrogen and oxygen atoms in total. The summed E-state index contributed by atoms with van der Waals surface area (Å²) < 4.78 is 20.9. The first-order valence-electron chi connectivity index (χ1n) is 13.9. The number of carbonyl (C=O) groups is 4. The van der Waals surface area contributed by atoms with Crippen LogP contribution in [0.15, 0.2) is 106 Å². The molecule has 241 valence electrons. The Morgan fingerprint density at radius 1 is 0.574 bits per heavy atom. The fourth-order valence-corrected chi connectivity index (χ4v) is 4.96. The molecule has 0 N–H and O–H groups in total. The molecular weight excluding hydrogens is 656 g/mol. The average Bonchev–Trinajstić information content (AvgIpc) is 3.73. The maximum absolute atomic E-state index is 12.7. The Kier molecular flexibility index (Phi) is 11.0. The topological polar surface area (TPSA) is 159 Å². The quantitative estimate of drug-likeness (QED) is 0.153. The largest absolute Gasteiger partial charge is 2.00 e. The van der Waals surface area contributed by atoms with Gasteiger partial charge >= 0.3 is 17.1 Å². The molecule has 2 heterocycles. The summed E-state index contributed by atoms with van der Waals surface area (Å²) >= 11 is 0. The smallest absolute Gasteiger partial charge is 0.550 e. The molecule has 0 saturated heterocycles. The van der Waals surface area contributed by atoms with E-state index in [-0.39, 0.29) is 41.5 Å². The van der Waals surface area contributed by atoms with E-state index in [2.05, 4.69) is 0 Å². The number of hydrogen-bond acceptors (Lipinski definition) is 10. The third kappa shape index (κ3) is 7.96. The first-order chi connectivity index (χ1) is 22.2. The molecule has 0 fully saturated rings. The summed E-state index contributed by atoms with van der Waals surface area (Å²) in [5.41, 5.74) is 3.46. The molecule has 6 aromatic rings. The average molecular weight is 682 g/mol. The number of ketones is 2. The molecule has 0 amide bonds. The van der Waals surface area contributed by atoms with Crippen molar-refractivity contribution in [3.05, 3.63) is 131 Å². The summed E-state index contributed by atoms with van der Waals surface area (Å²) in [6, 6.07) is 23.2. The van der Waals surface area contributed by atoms with Crippen LogP contribution in [-0.4, -0.2) is 37.7 Å². The van der Waals surface area contributed by atoms with Crippen LogP contribution in [0.1, 0.15) is 43.0 Å². The Bertz CT molecular complexity index is 1900. The van der Waals surface area contributed by atoms with Gasteiger partial charge in [-0.1, -0.05) is 0 Å². The van der Waals surface area contributed by atoms with E-state index in [1.807, 2.05) is 0 Å². The zero-order chi connectivity index (χ0) is 32.8. The number of methoxy groups -OCH3 is 2. The van der Waals surface area contributed by atoms with Gasteiger partial charge in [-0.15, -0.1) is 0 Å². The first-order valence-corrected chi connectivity index (χ1v) is 13.9. The number of furan rings is 2. The minimum Gasteiger partial charge on any atom is -0.550 e. The molecule has 4 aromatic carbocycles. The van der Waals surface area contributed by atoms with Gasteiger partial charge in [-0.3, -0.25) is 9.59 Å². The van der Waals surface area contributed by atoms with Crippen LogP contribution in [0.25, 0.3) is 21.9 Å². The van der Waals surface area contributed by atoms with Crippen LogP contribution in [0.5, 0.6) is 11.5 Å². The molecule has 47 heavy (non-hydrogen) atoms. The van der Waals surface area contributed by atoms with Gasteiger partial charge in [0.25, 0.3) is 0 Å². The molecule has 0 spiro atoms. The third-order valence-electron chi connectivity index (χ3n) is 7.11. The molecule has 0 aliphatic rings. The predicted molar refractivity (Wildman–Crippen MR) is 163 cm³/mol. The SMILES string of the molecule is COc1ccc(C(=O)c2cc(CC(=O)[O-])cc3ccoc23)cc1.COc1ccc(C(=O)c2cc(CC(=O)[O-])cc3ccoc23)cc1.[Cu+2]. The predicted octanol–water partition coefficient (Wildman–Crippen LogP) is 3.93. The molecule has 0 atom stereocenters. The van der Waals surface area contributed by atoms with Crippen molar-refractivity contribution in [2.75, 3.05) is 14.2 Å². The van der Waals surface area contributed by atoms with Crippen LogP contribution in [-0.2, 0) is 39.5 Å². The van der Waals surface area contributed by atoms with Crippen molar-refractivity contribution < 1.29 is 64.8 Å². The number of hydrogen-bond donors (Lipinski definition) is 0. The Balaban J connectivity index is 0.000000208. The van der Waals surface area contributed by atoms with Crippen LogP contribution >= 0.6 is 0 Å². The Hall–Kier alpha value is -5.64. The van der Waals surface area contributed by atoms with E-state index >= 15 is 0 Å². The molecule has 0 bridgehead atoms. The molecule has 2 aromatic heterocycles. The van der Waals surface area contributed by atoms with Crippen LogP contribution in [0.2, 0.25) is 0 Å². The summed E-state index contributed by atoms with van der Waals surface area (Å²) in [6.45, 7) is 0. The second kappa shape index (κ2) is 15.1. The second-order valence-electron chi connectivity index (χ2n) is 10.2. The van der Waals surface area contributed by atoms with Gasteiger partial charge in [0.05, 0.1) is 37.9 Å². The van der Waals surface area contributed by atoms with Crippen molar-refractivity contribution in [1.29, 1.82) is 0 Å². The normalized spacial score (nSPS) is 10.4. The van der Waals surface area contributed by atoms with Crippen LogP contribution < -0.4 is 19.7 Å². The first kappa shape index (κ1) is 34.2. The second-order valence-corrected chi connectivity index (χ2v) is 10.2. The van der Waals surface area contributed by atoms with Crippen molar-refractivity contribution in [2.24, 2.45) is 0 Å². The van der Waals surface area contributed by atoms with E-state index in [0.29, 0.717) is 66.8 Å². The van der Waals surface area contributed by atoms with Gasteiger partial charge in [-0.05, 0) is 96.1 Å². The molecule has 1 radical (unpaired) electrons. The number of benzene rings is 4. The van der Waals surface area contributed by atoms with Gasteiger partial charge in [-0.25, -0.2) is 0 Å². The van der Waals surface area contributed by atoms with Crippen molar-refractivity contribution in [1.82, 2.24) is 0 Å². The standard InChI is InChI=1S/2C18H14O5.Cu/c2*1-22-14-4-2-12(3-5-14)17(21)15-9-11(10-16(19)20)8-13-6-7-23-18(13)15;/h2*2-9H,10H2,1H3,(H,19,20);/q;;+2/p-2. The molecule has 6 rings (SSSR count). The number of fused-ring (bicyclic) bond motifs is 2.